The van der Waals surface area contributed by atoms with Crippen LogP contribution in [0.4, 0.5) is 0 Å². The van der Waals surface area contributed by atoms with E-state index in [4.69, 9.17) is 21.0 Å². The second kappa shape index (κ2) is 36.6. The highest BCUT2D eigenvalue weighted by Gasteiger charge is 2.62. The van der Waals surface area contributed by atoms with Crippen LogP contribution in [0, 0.1) is 45.3 Å². The average Bonchev–Trinajstić information content (AvgIpc) is 3.25. The summed E-state index contributed by atoms with van der Waals surface area (Å²) in [6, 6.07) is 8.49. The molecule has 0 amide bonds. The summed E-state index contributed by atoms with van der Waals surface area (Å²) in [5.74, 6) is 0. The highest BCUT2D eigenvalue weighted by Crippen LogP contribution is 2.39. The van der Waals surface area contributed by atoms with Crippen molar-refractivity contribution in [3.63, 3.8) is 0 Å². The first-order chi connectivity index (χ1) is 30.9. The van der Waals surface area contributed by atoms with Gasteiger partial charge in [-0.1, -0.05) is 128 Å². The van der Waals surface area contributed by atoms with E-state index < -0.39 is 54.7 Å². The number of nitrogens with zero attached hydrogens (tertiary/aromatic N) is 4. The molecule has 0 heterocycles. The van der Waals surface area contributed by atoms with E-state index in [-0.39, 0.29) is 26.2 Å². The Morgan fingerprint density at radius 1 is 0.292 bits per heavy atom. The summed E-state index contributed by atoms with van der Waals surface area (Å²) in [5, 5.41) is 35.0. The Morgan fingerprint density at radius 2 is 0.446 bits per heavy atom. The van der Waals surface area contributed by atoms with Crippen molar-refractivity contribution in [1.82, 2.24) is 18.9 Å². The van der Waals surface area contributed by atoms with Crippen molar-refractivity contribution in [2.75, 3.05) is 26.2 Å². The molecule has 0 rings (SSSR count). The van der Waals surface area contributed by atoms with Gasteiger partial charge in [0.05, 0.1) is 24.3 Å². The van der Waals surface area contributed by atoms with E-state index in [9.17, 15) is 33.7 Å². The normalized spacial score (nSPS) is 12.6. The van der Waals surface area contributed by atoms with E-state index in [2.05, 4.69) is 43.2 Å². The lowest BCUT2D eigenvalue weighted by molar-refractivity contribution is 0.480. The second-order valence-corrected chi connectivity index (χ2v) is 26.9. The van der Waals surface area contributed by atoms with Crippen LogP contribution in [0.25, 0.3) is 0 Å². The third kappa shape index (κ3) is 26.1. The molecule has 0 saturated carbocycles. The fourth-order valence-corrected chi connectivity index (χ4v) is 15.7. The largest absolute Gasteiger partial charge is 0.233 e. The summed E-state index contributed by atoms with van der Waals surface area (Å²) in [6.45, 7) is 1.21. The molecule has 0 aromatic carbocycles. The third-order valence-corrected chi connectivity index (χ3v) is 22.0. The van der Waals surface area contributed by atoms with Gasteiger partial charge < -0.3 is 0 Å². The van der Waals surface area contributed by atoms with E-state index in [1.807, 2.05) is 0 Å². The van der Waals surface area contributed by atoms with Crippen LogP contribution in [0.5, 0.6) is 0 Å². The first kappa shape index (κ1) is 62.6. The SMILES string of the molecule is CC(CC(C)(S(=O)(=O)NCCCCCCCCCC#N)S(=O)(=O)NCCCCCCCCCC#N)(S(=O)(=O)NCCCCCCCCCC#N)S(=O)(=O)NCCCCCCCCCC#N. The van der Waals surface area contributed by atoms with Crippen LogP contribution in [0.1, 0.15) is 226 Å². The van der Waals surface area contributed by atoms with E-state index in [1.165, 1.54) is 0 Å². The van der Waals surface area contributed by atoms with Gasteiger partial charge in [0, 0.05) is 58.3 Å². The van der Waals surface area contributed by atoms with Crippen LogP contribution >= 0.6 is 0 Å². The molecule has 0 atom stereocenters. The molecular formula is C45H84N8O8S4. The number of sulfonamides is 4. The molecule has 0 aliphatic carbocycles. The van der Waals surface area contributed by atoms with Gasteiger partial charge in [-0.3, -0.25) is 0 Å². The standard InChI is InChI=1S/C45H84N8O8S4/c1-44(62(54,55)50-39-31-23-15-7-3-11-19-27-35-46,63(56,57)51-40-32-24-16-8-4-12-20-28-36-47)43-45(2,64(58,59)52-41-33-25-17-9-5-13-21-29-37-48)65(60,61)53-42-34-26-18-10-6-14-22-30-38-49/h50-53H,3-34,39-43H2,1-2H3. The van der Waals surface area contributed by atoms with Crippen molar-refractivity contribution in [2.45, 2.75) is 234 Å². The second-order valence-electron chi connectivity index (χ2n) is 17.6. The average molecular weight is 993 g/mol. The van der Waals surface area contributed by atoms with Gasteiger partial charge in [0.25, 0.3) is 0 Å². The quantitative estimate of drug-likeness (QED) is 0.0416. The van der Waals surface area contributed by atoms with Crippen molar-refractivity contribution in [3.05, 3.63) is 0 Å². The summed E-state index contributed by atoms with van der Waals surface area (Å²) in [6.07, 6.45) is 22.0. The maximum atomic E-state index is 14.4. The molecule has 0 aliphatic rings. The number of nitrogens with one attached hydrogen (secondary N) is 4. The van der Waals surface area contributed by atoms with Crippen LogP contribution in [0.2, 0.25) is 0 Å². The molecule has 0 fully saturated rings. The molecule has 4 N–H and O–H groups in total. The van der Waals surface area contributed by atoms with E-state index in [0.29, 0.717) is 77.0 Å². The number of rotatable bonds is 46. The van der Waals surface area contributed by atoms with Gasteiger partial charge in [0.15, 0.2) is 0 Å². The van der Waals surface area contributed by atoms with Gasteiger partial charge in [0.2, 0.25) is 48.3 Å². The molecule has 0 spiro atoms. The molecular weight excluding hydrogens is 909 g/mol. The predicted octanol–water partition coefficient (Wildman–Crippen LogP) is 9.06. The molecule has 0 radical (unpaired) electrons. The number of unbranched alkanes of at least 4 members (excludes halogenated alkanes) is 28. The summed E-state index contributed by atoms with van der Waals surface area (Å²) in [5.41, 5.74) is 0. The fourth-order valence-electron chi connectivity index (χ4n) is 7.54. The van der Waals surface area contributed by atoms with Crippen LogP contribution in [0.3, 0.4) is 0 Å². The minimum Gasteiger partial charge on any atom is -0.214 e. The Bertz CT molecular complexity index is 1620. The van der Waals surface area contributed by atoms with Crippen LogP contribution < -0.4 is 18.9 Å². The molecule has 0 unspecified atom stereocenters. The van der Waals surface area contributed by atoms with Gasteiger partial charge in [-0.15, -0.1) is 0 Å². The number of nitriles is 4. The minimum absolute atomic E-state index is 0.139. The first-order valence-electron chi connectivity index (χ1n) is 24.4. The molecule has 65 heavy (non-hydrogen) atoms. The van der Waals surface area contributed by atoms with Crippen LogP contribution in [-0.4, -0.2) is 68.0 Å². The lowest BCUT2D eigenvalue weighted by atomic mass is 10.1. The monoisotopic (exact) mass is 993 g/mol. The maximum Gasteiger partial charge on any atom is 0.233 e. The Morgan fingerprint density at radius 3 is 0.615 bits per heavy atom. The molecule has 0 aromatic heterocycles. The van der Waals surface area contributed by atoms with Crippen molar-refractivity contribution in [2.24, 2.45) is 0 Å². The van der Waals surface area contributed by atoms with E-state index >= 15 is 0 Å². The molecule has 376 valence electrons. The number of hydrogen-bond acceptors (Lipinski definition) is 12. The molecule has 0 saturated heterocycles. The minimum atomic E-state index is -4.97. The highest BCUT2D eigenvalue weighted by molar-refractivity contribution is 8.10. The lowest BCUT2D eigenvalue weighted by Gasteiger charge is -2.37. The zero-order chi connectivity index (χ0) is 48.8. The van der Waals surface area contributed by atoms with E-state index in [1.54, 1.807) is 0 Å². The van der Waals surface area contributed by atoms with Gasteiger partial charge in [-0.2, -0.15) is 21.0 Å². The zero-order valence-corrected chi connectivity index (χ0v) is 43.1. The molecule has 0 bridgehead atoms. The van der Waals surface area contributed by atoms with Crippen molar-refractivity contribution < 1.29 is 33.7 Å². The predicted molar refractivity (Wildman–Crippen MR) is 259 cm³/mol. The van der Waals surface area contributed by atoms with Crippen molar-refractivity contribution >= 4 is 40.1 Å². The summed E-state index contributed by atoms with van der Waals surface area (Å²) in [7, 11) is -19.9. The van der Waals surface area contributed by atoms with E-state index in [0.717, 1.165) is 142 Å². The zero-order valence-electron chi connectivity index (χ0n) is 39.9. The van der Waals surface area contributed by atoms with Crippen molar-refractivity contribution in [1.29, 1.82) is 21.0 Å². The third-order valence-electron chi connectivity index (χ3n) is 11.9. The maximum absolute atomic E-state index is 14.4. The fraction of sp³-hybridized carbons (Fsp3) is 0.911. The topological polar surface area (TPSA) is 280 Å². The van der Waals surface area contributed by atoms with Crippen LogP contribution in [0.15, 0.2) is 0 Å². The number of hydrogen-bond donors (Lipinski definition) is 4. The van der Waals surface area contributed by atoms with Gasteiger partial charge in [-0.25, -0.2) is 52.6 Å². The summed E-state index contributed by atoms with van der Waals surface area (Å²) < 4.78 is 119. The Kier molecular flexibility index (Phi) is 35.3. The summed E-state index contributed by atoms with van der Waals surface area (Å²) in [4.78, 5) is 0. The van der Waals surface area contributed by atoms with Gasteiger partial charge >= 0.3 is 0 Å². The Balaban J connectivity index is 6.43. The van der Waals surface area contributed by atoms with Gasteiger partial charge in [-0.05, 0) is 65.2 Å². The van der Waals surface area contributed by atoms with Crippen molar-refractivity contribution in [3.8, 4) is 24.3 Å². The molecule has 0 aromatic rings. The Labute approximate surface area is 396 Å². The smallest absolute Gasteiger partial charge is 0.214 e. The molecule has 0 aliphatic heterocycles. The van der Waals surface area contributed by atoms with Gasteiger partial charge in [0.1, 0.15) is 0 Å². The molecule has 20 heteroatoms. The first-order valence-corrected chi connectivity index (χ1v) is 30.3. The highest BCUT2D eigenvalue weighted by atomic mass is 32.3. The lowest BCUT2D eigenvalue weighted by Crippen LogP contribution is -2.63. The van der Waals surface area contributed by atoms with Crippen LogP contribution in [-0.2, 0) is 40.1 Å². The summed E-state index contributed by atoms with van der Waals surface area (Å²) >= 11 is 0. The molecule has 16 nitrogen and oxygen atoms in total. The Hall–Kier alpha value is -2.40.